The molecule has 4 unspecified atom stereocenters. The van der Waals surface area contributed by atoms with Crippen LogP contribution in [0.3, 0.4) is 0 Å². The van der Waals surface area contributed by atoms with Gasteiger partial charge in [-0.2, -0.15) is 0 Å². The first kappa shape index (κ1) is 10.7. The molecule has 3 nitrogen and oxygen atoms in total. The number of carbonyl (C=O) groups is 1. The predicted octanol–water partition coefficient (Wildman–Crippen LogP) is 1.05. The zero-order valence-electron chi connectivity index (χ0n) is 9.28. The minimum Gasteiger partial charge on any atom is -0.370 e. The molecule has 2 aliphatic carbocycles. The molecule has 1 saturated carbocycles. The third-order valence-electron chi connectivity index (χ3n) is 3.65. The fourth-order valence-corrected chi connectivity index (χ4v) is 2.86. The highest BCUT2D eigenvalue weighted by Gasteiger charge is 2.35. The molecule has 0 aromatic carbocycles. The maximum absolute atomic E-state index is 10.7. The Labute approximate surface area is 91.1 Å². The summed E-state index contributed by atoms with van der Waals surface area (Å²) in [5, 5.41) is 3.41. The van der Waals surface area contributed by atoms with Gasteiger partial charge >= 0.3 is 0 Å². The second-order valence-corrected chi connectivity index (χ2v) is 5.02. The molecule has 1 amide bonds. The van der Waals surface area contributed by atoms with Crippen LogP contribution in [-0.4, -0.2) is 18.5 Å². The summed E-state index contributed by atoms with van der Waals surface area (Å²) in [7, 11) is 0. The van der Waals surface area contributed by atoms with Crippen molar-refractivity contribution < 1.29 is 4.79 Å². The van der Waals surface area contributed by atoms with Gasteiger partial charge < -0.3 is 11.1 Å². The maximum Gasteiger partial charge on any atom is 0.218 e. The Bertz CT molecular complexity index is 275. The van der Waals surface area contributed by atoms with Crippen LogP contribution >= 0.6 is 0 Å². The Morgan fingerprint density at radius 1 is 1.53 bits per heavy atom. The number of nitrogens with one attached hydrogen (secondary N) is 1. The highest BCUT2D eigenvalue weighted by atomic mass is 16.1. The fraction of sp³-hybridized carbons (Fsp3) is 0.750. The van der Waals surface area contributed by atoms with Gasteiger partial charge in [-0.05, 0) is 44.1 Å². The Kier molecular flexibility index (Phi) is 3.10. The number of allylic oxidation sites excluding steroid dienone is 2. The summed E-state index contributed by atoms with van der Waals surface area (Å²) >= 11 is 0. The van der Waals surface area contributed by atoms with Crippen LogP contribution in [0.1, 0.15) is 26.2 Å². The number of hydrogen-bond acceptors (Lipinski definition) is 2. The molecule has 0 saturated heterocycles. The van der Waals surface area contributed by atoms with Crippen molar-refractivity contribution in [3.8, 4) is 0 Å². The molecule has 84 valence electrons. The van der Waals surface area contributed by atoms with Crippen molar-refractivity contribution >= 4 is 5.91 Å². The lowest BCUT2D eigenvalue weighted by molar-refractivity contribution is -0.118. The van der Waals surface area contributed by atoms with E-state index in [0.29, 0.717) is 6.42 Å². The number of nitrogens with two attached hydrogens (primary N) is 1. The van der Waals surface area contributed by atoms with E-state index in [2.05, 4.69) is 17.5 Å². The van der Waals surface area contributed by atoms with E-state index in [-0.39, 0.29) is 11.9 Å². The quantitative estimate of drug-likeness (QED) is 0.664. The summed E-state index contributed by atoms with van der Waals surface area (Å²) in [6, 6.07) is 0.214. The molecule has 0 aromatic heterocycles. The summed E-state index contributed by atoms with van der Waals surface area (Å²) in [6.07, 6.45) is 7.82. The Balaban J connectivity index is 1.70. The molecule has 0 aromatic rings. The third kappa shape index (κ3) is 2.59. The van der Waals surface area contributed by atoms with E-state index < -0.39 is 0 Å². The molecule has 0 radical (unpaired) electrons. The Hall–Kier alpha value is -0.830. The summed E-state index contributed by atoms with van der Waals surface area (Å²) in [6.45, 7) is 3.05. The largest absolute Gasteiger partial charge is 0.370 e. The first-order valence-corrected chi connectivity index (χ1v) is 5.85. The van der Waals surface area contributed by atoms with Gasteiger partial charge in [0.1, 0.15) is 0 Å². The van der Waals surface area contributed by atoms with Gasteiger partial charge in [-0.1, -0.05) is 12.2 Å². The summed E-state index contributed by atoms with van der Waals surface area (Å²) in [5.41, 5.74) is 5.15. The standard InChI is InChI=1S/C12H20N2O/c1-8(4-12(13)15)14-7-11-6-9-2-3-10(11)5-9/h2-3,8-11,14H,4-7H2,1H3,(H2,13,15). The van der Waals surface area contributed by atoms with Gasteiger partial charge in [0.05, 0.1) is 0 Å². The fourth-order valence-electron chi connectivity index (χ4n) is 2.86. The lowest BCUT2D eigenvalue weighted by atomic mass is 9.93. The van der Waals surface area contributed by atoms with Crippen molar-refractivity contribution in [2.45, 2.75) is 32.2 Å². The molecule has 15 heavy (non-hydrogen) atoms. The highest BCUT2D eigenvalue weighted by Crippen LogP contribution is 2.42. The number of fused-ring (bicyclic) bond motifs is 2. The zero-order valence-corrected chi connectivity index (χ0v) is 9.28. The number of amides is 1. The van der Waals surface area contributed by atoms with Crippen LogP contribution < -0.4 is 11.1 Å². The van der Waals surface area contributed by atoms with E-state index in [0.717, 1.165) is 24.3 Å². The highest BCUT2D eigenvalue weighted by molar-refractivity contribution is 5.74. The average Bonchev–Trinajstić information content (AvgIpc) is 2.74. The Morgan fingerprint density at radius 2 is 2.33 bits per heavy atom. The lowest BCUT2D eigenvalue weighted by Crippen LogP contribution is -2.35. The van der Waals surface area contributed by atoms with Crippen molar-refractivity contribution in [1.82, 2.24) is 5.32 Å². The monoisotopic (exact) mass is 208 g/mol. The Morgan fingerprint density at radius 3 is 2.87 bits per heavy atom. The van der Waals surface area contributed by atoms with Gasteiger partial charge in [0.15, 0.2) is 0 Å². The summed E-state index contributed by atoms with van der Waals surface area (Å²) < 4.78 is 0. The molecular formula is C12H20N2O. The van der Waals surface area contributed by atoms with Gasteiger partial charge in [-0.15, -0.1) is 0 Å². The molecule has 0 aliphatic heterocycles. The van der Waals surface area contributed by atoms with Gasteiger partial charge in [0, 0.05) is 12.5 Å². The van der Waals surface area contributed by atoms with Crippen LogP contribution in [0.25, 0.3) is 0 Å². The molecule has 3 heteroatoms. The predicted molar refractivity (Wildman–Crippen MR) is 60.1 cm³/mol. The third-order valence-corrected chi connectivity index (χ3v) is 3.65. The molecule has 1 fully saturated rings. The minimum atomic E-state index is -0.220. The molecular weight excluding hydrogens is 188 g/mol. The summed E-state index contributed by atoms with van der Waals surface area (Å²) in [4.78, 5) is 10.7. The van der Waals surface area contributed by atoms with E-state index in [4.69, 9.17) is 5.73 Å². The number of carbonyl (C=O) groups excluding carboxylic acids is 1. The smallest absolute Gasteiger partial charge is 0.218 e. The first-order chi connectivity index (χ1) is 7.15. The van der Waals surface area contributed by atoms with Crippen molar-refractivity contribution in [2.24, 2.45) is 23.5 Å². The lowest BCUT2D eigenvalue weighted by Gasteiger charge is -2.21. The topological polar surface area (TPSA) is 55.1 Å². The molecule has 0 heterocycles. The molecule has 3 N–H and O–H groups in total. The molecule has 2 rings (SSSR count). The van der Waals surface area contributed by atoms with E-state index in [1.165, 1.54) is 12.8 Å². The van der Waals surface area contributed by atoms with Gasteiger partial charge in [0.2, 0.25) is 5.91 Å². The number of primary amides is 1. The normalized spacial score (nSPS) is 34.6. The average molecular weight is 208 g/mol. The number of hydrogen-bond donors (Lipinski definition) is 2. The SMILES string of the molecule is CC(CC(N)=O)NCC1CC2C=CC1C2. The maximum atomic E-state index is 10.7. The van der Waals surface area contributed by atoms with E-state index >= 15 is 0 Å². The van der Waals surface area contributed by atoms with Crippen LogP contribution in [0.4, 0.5) is 0 Å². The van der Waals surface area contributed by atoms with E-state index in [9.17, 15) is 4.79 Å². The van der Waals surface area contributed by atoms with Crippen molar-refractivity contribution in [3.63, 3.8) is 0 Å². The second kappa shape index (κ2) is 4.35. The van der Waals surface area contributed by atoms with Crippen LogP contribution in [0.2, 0.25) is 0 Å². The van der Waals surface area contributed by atoms with Crippen molar-refractivity contribution in [1.29, 1.82) is 0 Å². The summed E-state index contributed by atoms with van der Waals surface area (Å²) in [5.74, 6) is 2.16. The van der Waals surface area contributed by atoms with Crippen molar-refractivity contribution in [3.05, 3.63) is 12.2 Å². The minimum absolute atomic E-state index is 0.214. The van der Waals surface area contributed by atoms with Crippen LogP contribution in [0.5, 0.6) is 0 Å². The van der Waals surface area contributed by atoms with Gasteiger partial charge in [-0.3, -0.25) is 4.79 Å². The van der Waals surface area contributed by atoms with E-state index in [1.54, 1.807) is 0 Å². The molecule has 2 aliphatic rings. The van der Waals surface area contributed by atoms with Crippen molar-refractivity contribution in [2.75, 3.05) is 6.54 Å². The van der Waals surface area contributed by atoms with Gasteiger partial charge in [0.25, 0.3) is 0 Å². The molecule has 2 bridgehead atoms. The van der Waals surface area contributed by atoms with Crippen LogP contribution in [-0.2, 0) is 4.79 Å². The zero-order chi connectivity index (χ0) is 10.8. The number of rotatable bonds is 5. The van der Waals surface area contributed by atoms with Crippen LogP contribution in [0, 0.1) is 17.8 Å². The van der Waals surface area contributed by atoms with E-state index in [1.807, 2.05) is 6.92 Å². The van der Waals surface area contributed by atoms with Crippen LogP contribution in [0.15, 0.2) is 12.2 Å². The first-order valence-electron chi connectivity index (χ1n) is 5.85. The second-order valence-electron chi connectivity index (χ2n) is 5.02. The van der Waals surface area contributed by atoms with Gasteiger partial charge in [-0.25, -0.2) is 0 Å². The molecule has 4 atom stereocenters. The molecule has 0 spiro atoms.